The quantitative estimate of drug-likeness (QED) is 0.795. The van der Waals surface area contributed by atoms with Gasteiger partial charge in [-0.05, 0) is 32.0 Å². The zero-order valence-corrected chi connectivity index (χ0v) is 13.1. The van der Waals surface area contributed by atoms with Crippen LogP contribution in [-0.4, -0.2) is 29.8 Å². The second-order valence-electron chi connectivity index (χ2n) is 4.77. The topological polar surface area (TPSA) is 53.4 Å². The molecule has 0 unspecified atom stereocenters. The lowest BCUT2D eigenvalue weighted by Gasteiger charge is -2.13. The molecular formula is C15H17ClN2O3. The van der Waals surface area contributed by atoms with Crippen LogP contribution in [0.1, 0.15) is 35.9 Å². The van der Waals surface area contributed by atoms with E-state index in [0.29, 0.717) is 27.8 Å². The third kappa shape index (κ3) is 2.88. The molecule has 0 radical (unpaired) electrons. The van der Waals surface area contributed by atoms with Gasteiger partial charge < -0.3 is 9.47 Å². The number of nitrogens with zero attached hydrogens (tertiary/aromatic N) is 2. The average Bonchev–Trinajstić information content (AvgIpc) is 2.90. The lowest BCUT2D eigenvalue weighted by molar-refractivity contribution is 0.102. The first kappa shape index (κ1) is 15.4. The summed E-state index contributed by atoms with van der Waals surface area (Å²) in [7, 11) is 3.02. The number of hydrogen-bond donors (Lipinski definition) is 0. The van der Waals surface area contributed by atoms with E-state index in [2.05, 4.69) is 5.10 Å². The zero-order valence-electron chi connectivity index (χ0n) is 12.4. The number of benzene rings is 1. The van der Waals surface area contributed by atoms with Gasteiger partial charge in [0.1, 0.15) is 5.75 Å². The Hall–Kier alpha value is -2.01. The van der Waals surface area contributed by atoms with Crippen molar-refractivity contribution in [3.8, 4) is 11.5 Å². The molecule has 112 valence electrons. The molecule has 0 aliphatic carbocycles. The summed E-state index contributed by atoms with van der Waals surface area (Å²) in [5.41, 5.74) is 0.763. The summed E-state index contributed by atoms with van der Waals surface area (Å²) in [4.78, 5) is 12.9. The number of ketones is 1. The van der Waals surface area contributed by atoms with Crippen molar-refractivity contribution in [1.82, 2.24) is 9.78 Å². The fourth-order valence-electron chi connectivity index (χ4n) is 2.09. The summed E-state index contributed by atoms with van der Waals surface area (Å²) in [6, 6.07) is 4.95. The van der Waals surface area contributed by atoms with Crippen molar-refractivity contribution in [1.29, 1.82) is 0 Å². The van der Waals surface area contributed by atoms with Crippen LogP contribution in [0.2, 0.25) is 5.02 Å². The number of hydrogen-bond acceptors (Lipinski definition) is 4. The van der Waals surface area contributed by atoms with E-state index in [-0.39, 0.29) is 11.8 Å². The van der Waals surface area contributed by atoms with Crippen LogP contribution in [-0.2, 0) is 0 Å². The SMILES string of the molecule is COc1ccc(Cl)cc1C(=O)c1c(OC)cnn1C(C)C. The van der Waals surface area contributed by atoms with Gasteiger partial charge in [0, 0.05) is 11.1 Å². The number of ether oxygens (including phenoxy) is 2. The Bertz CT molecular complexity index is 665. The van der Waals surface area contributed by atoms with E-state index in [9.17, 15) is 4.79 Å². The molecule has 6 heteroatoms. The summed E-state index contributed by atoms with van der Waals surface area (Å²) >= 11 is 5.99. The predicted octanol–water partition coefficient (Wildman–Crippen LogP) is 3.37. The molecule has 0 N–H and O–H groups in total. The summed E-state index contributed by atoms with van der Waals surface area (Å²) in [5.74, 6) is 0.649. The zero-order chi connectivity index (χ0) is 15.6. The Morgan fingerprint density at radius 2 is 1.90 bits per heavy atom. The third-order valence-corrected chi connectivity index (χ3v) is 3.33. The minimum absolute atomic E-state index is 0.0260. The lowest BCUT2D eigenvalue weighted by atomic mass is 10.1. The van der Waals surface area contributed by atoms with Gasteiger partial charge in [-0.3, -0.25) is 9.48 Å². The van der Waals surface area contributed by atoms with Gasteiger partial charge in [-0.15, -0.1) is 0 Å². The maximum atomic E-state index is 12.9. The van der Waals surface area contributed by atoms with Crippen molar-refractivity contribution in [3.63, 3.8) is 0 Å². The van der Waals surface area contributed by atoms with E-state index in [1.165, 1.54) is 20.4 Å². The van der Waals surface area contributed by atoms with Crippen molar-refractivity contribution in [2.75, 3.05) is 14.2 Å². The molecule has 2 rings (SSSR count). The maximum Gasteiger partial charge on any atom is 0.218 e. The highest BCUT2D eigenvalue weighted by Crippen LogP contribution is 2.29. The molecule has 0 saturated carbocycles. The molecule has 0 aliphatic heterocycles. The van der Waals surface area contributed by atoms with E-state index in [1.807, 2.05) is 13.8 Å². The number of carbonyl (C=O) groups is 1. The Kier molecular flexibility index (Phi) is 4.53. The molecule has 0 bridgehead atoms. The molecule has 0 amide bonds. The molecule has 1 heterocycles. The first-order chi connectivity index (χ1) is 9.99. The number of halogens is 1. The van der Waals surface area contributed by atoms with Gasteiger partial charge in [-0.1, -0.05) is 11.6 Å². The second kappa shape index (κ2) is 6.18. The Labute approximate surface area is 128 Å². The molecule has 21 heavy (non-hydrogen) atoms. The van der Waals surface area contributed by atoms with Gasteiger partial charge in [0.15, 0.2) is 11.4 Å². The third-order valence-electron chi connectivity index (χ3n) is 3.09. The summed E-state index contributed by atoms with van der Waals surface area (Å²) < 4.78 is 12.1. The highest BCUT2D eigenvalue weighted by molar-refractivity contribution is 6.31. The number of methoxy groups -OCH3 is 2. The molecule has 1 aromatic carbocycles. The first-order valence-electron chi connectivity index (χ1n) is 6.49. The molecule has 0 fully saturated rings. The van der Waals surface area contributed by atoms with Gasteiger partial charge in [0.2, 0.25) is 5.78 Å². The fraction of sp³-hybridized carbons (Fsp3) is 0.333. The van der Waals surface area contributed by atoms with Crippen LogP contribution in [0.25, 0.3) is 0 Å². The summed E-state index contributed by atoms with van der Waals surface area (Å²) in [6.45, 7) is 3.89. The number of carbonyl (C=O) groups excluding carboxylic acids is 1. The maximum absolute atomic E-state index is 12.9. The van der Waals surface area contributed by atoms with Crippen LogP contribution in [0, 0.1) is 0 Å². The van der Waals surface area contributed by atoms with E-state index in [0.717, 1.165) is 0 Å². The summed E-state index contributed by atoms with van der Waals surface area (Å²) in [6.07, 6.45) is 1.53. The van der Waals surface area contributed by atoms with E-state index >= 15 is 0 Å². The van der Waals surface area contributed by atoms with Crippen molar-refractivity contribution < 1.29 is 14.3 Å². The lowest BCUT2D eigenvalue weighted by Crippen LogP contribution is -2.15. The Morgan fingerprint density at radius 1 is 1.24 bits per heavy atom. The van der Waals surface area contributed by atoms with Crippen molar-refractivity contribution in [2.24, 2.45) is 0 Å². The molecule has 5 nitrogen and oxygen atoms in total. The highest BCUT2D eigenvalue weighted by Gasteiger charge is 2.25. The van der Waals surface area contributed by atoms with Crippen molar-refractivity contribution in [3.05, 3.63) is 40.7 Å². The molecule has 0 aliphatic rings. The monoisotopic (exact) mass is 308 g/mol. The van der Waals surface area contributed by atoms with E-state index < -0.39 is 0 Å². The van der Waals surface area contributed by atoms with Gasteiger partial charge in [0.05, 0.1) is 26.0 Å². The van der Waals surface area contributed by atoms with Crippen LogP contribution in [0.4, 0.5) is 0 Å². The van der Waals surface area contributed by atoms with Gasteiger partial charge >= 0.3 is 0 Å². The molecule has 0 atom stereocenters. The normalized spacial score (nSPS) is 10.8. The van der Waals surface area contributed by atoms with Crippen LogP contribution >= 0.6 is 11.6 Å². The summed E-state index contributed by atoms with van der Waals surface area (Å²) in [5, 5.41) is 4.67. The molecule has 2 aromatic rings. The Morgan fingerprint density at radius 3 is 2.48 bits per heavy atom. The standard InChI is InChI=1S/C15H17ClN2O3/c1-9(2)18-14(13(21-4)8-17-18)15(19)11-7-10(16)5-6-12(11)20-3/h5-9H,1-4H3. The highest BCUT2D eigenvalue weighted by atomic mass is 35.5. The largest absolute Gasteiger partial charge is 0.496 e. The smallest absolute Gasteiger partial charge is 0.218 e. The minimum Gasteiger partial charge on any atom is -0.496 e. The number of rotatable bonds is 5. The van der Waals surface area contributed by atoms with Gasteiger partial charge in [0.25, 0.3) is 0 Å². The Balaban J connectivity index is 2.59. The van der Waals surface area contributed by atoms with E-state index in [1.54, 1.807) is 22.9 Å². The first-order valence-corrected chi connectivity index (χ1v) is 6.87. The van der Waals surface area contributed by atoms with Crippen molar-refractivity contribution in [2.45, 2.75) is 19.9 Å². The van der Waals surface area contributed by atoms with Crippen LogP contribution in [0.3, 0.4) is 0 Å². The fourth-order valence-corrected chi connectivity index (χ4v) is 2.26. The van der Waals surface area contributed by atoms with Crippen LogP contribution in [0.5, 0.6) is 11.5 Å². The predicted molar refractivity (Wildman–Crippen MR) is 80.6 cm³/mol. The molecule has 1 aromatic heterocycles. The second-order valence-corrected chi connectivity index (χ2v) is 5.21. The van der Waals surface area contributed by atoms with Gasteiger partial charge in [-0.25, -0.2) is 0 Å². The van der Waals surface area contributed by atoms with Gasteiger partial charge in [-0.2, -0.15) is 5.10 Å². The average molecular weight is 309 g/mol. The van der Waals surface area contributed by atoms with E-state index in [4.69, 9.17) is 21.1 Å². The molecule has 0 saturated heterocycles. The van der Waals surface area contributed by atoms with Crippen LogP contribution < -0.4 is 9.47 Å². The minimum atomic E-state index is -0.239. The molecular weight excluding hydrogens is 292 g/mol. The van der Waals surface area contributed by atoms with Crippen molar-refractivity contribution >= 4 is 17.4 Å². The van der Waals surface area contributed by atoms with Crippen LogP contribution in [0.15, 0.2) is 24.4 Å². The number of aromatic nitrogens is 2. The molecule has 0 spiro atoms.